The molecule has 0 aliphatic rings. The van der Waals surface area contributed by atoms with E-state index >= 15 is 0 Å². The molecule has 1 rings (SSSR count). The van der Waals surface area contributed by atoms with Gasteiger partial charge in [0.05, 0.1) is 0 Å². The first-order chi connectivity index (χ1) is 6.22. The minimum atomic E-state index is 0.262. The Morgan fingerprint density at radius 3 is 2.85 bits per heavy atom. The van der Waals surface area contributed by atoms with E-state index in [0.29, 0.717) is 6.04 Å². The predicted octanol–water partition coefficient (Wildman–Crippen LogP) is 1.92. The monoisotopic (exact) mass is 199 g/mol. The van der Waals surface area contributed by atoms with Gasteiger partial charge in [-0.2, -0.15) is 0 Å². The van der Waals surface area contributed by atoms with Crippen molar-refractivity contribution in [2.75, 3.05) is 6.61 Å². The number of hydrogen-bond donors (Lipinski definition) is 2. The molecule has 1 aromatic heterocycles. The van der Waals surface area contributed by atoms with Crippen molar-refractivity contribution in [2.24, 2.45) is 0 Å². The summed E-state index contributed by atoms with van der Waals surface area (Å²) in [5.74, 6) is 0. The number of thiophene rings is 1. The van der Waals surface area contributed by atoms with Crippen molar-refractivity contribution in [3.63, 3.8) is 0 Å². The van der Waals surface area contributed by atoms with E-state index in [0.717, 1.165) is 13.0 Å². The maximum atomic E-state index is 8.70. The van der Waals surface area contributed by atoms with E-state index in [9.17, 15) is 0 Å². The molecule has 74 valence electrons. The van der Waals surface area contributed by atoms with Crippen LogP contribution in [0, 0.1) is 6.92 Å². The van der Waals surface area contributed by atoms with Crippen LogP contribution in [0.4, 0.5) is 0 Å². The first kappa shape index (κ1) is 10.7. The molecule has 0 saturated heterocycles. The van der Waals surface area contributed by atoms with Gasteiger partial charge in [0, 0.05) is 28.9 Å². The molecule has 2 nitrogen and oxygen atoms in total. The fourth-order valence-corrected chi connectivity index (χ4v) is 1.99. The van der Waals surface area contributed by atoms with Crippen LogP contribution < -0.4 is 5.32 Å². The highest BCUT2D eigenvalue weighted by Crippen LogP contribution is 2.14. The molecule has 0 bridgehead atoms. The van der Waals surface area contributed by atoms with Crippen LogP contribution in [0.25, 0.3) is 0 Å². The molecule has 1 aromatic rings. The molecule has 0 saturated carbocycles. The molecular weight excluding hydrogens is 182 g/mol. The van der Waals surface area contributed by atoms with Crippen LogP contribution in [0.5, 0.6) is 0 Å². The van der Waals surface area contributed by atoms with E-state index in [4.69, 9.17) is 5.11 Å². The van der Waals surface area contributed by atoms with Gasteiger partial charge in [0.2, 0.25) is 0 Å². The van der Waals surface area contributed by atoms with Gasteiger partial charge in [-0.1, -0.05) is 0 Å². The van der Waals surface area contributed by atoms with Crippen LogP contribution in [0.2, 0.25) is 0 Å². The summed E-state index contributed by atoms with van der Waals surface area (Å²) < 4.78 is 0. The van der Waals surface area contributed by atoms with Crippen LogP contribution in [0.15, 0.2) is 12.1 Å². The second-order valence-corrected chi connectivity index (χ2v) is 4.68. The fourth-order valence-electron chi connectivity index (χ4n) is 1.15. The van der Waals surface area contributed by atoms with E-state index in [-0.39, 0.29) is 6.61 Å². The zero-order chi connectivity index (χ0) is 9.68. The van der Waals surface area contributed by atoms with Crippen LogP contribution in [0.1, 0.15) is 23.1 Å². The van der Waals surface area contributed by atoms with Crippen LogP contribution >= 0.6 is 11.3 Å². The summed E-state index contributed by atoms with van der Waals surface area (Å²) in [5.41, 5.74) is 0. The SMILES string of the molecule is Cc1ccc(CNC(C)CCO)s1. The van der Waals surface area contributed by atoms with Gasteiger partial charge in [-0.15, -0.1) is 11.3 Å². The highest BCUT2D eigenvalue weighted by atomic mass is 32.1. The lowest BCUT2D eigenvalue weighted by atomic mass is 10.2. The summed E-state index contributed by atoms with van der Waals surface area (Å²) in [7, 11) is 0. The third kappa shape index (κ3) is 3.89. The minimum Gasteiger partial charge on any atom is -0.396 e. The lowest BCUT2D eigenvalue weighted by Crippen LogP contribution is -2.25. The van der Waals surface area contributed by atoms with Crippen molar-refractivity contribution >= 4 is 11.3 Å². The summed E-state index contributed by atoms with van der Waals surface area (Å²) in [4.78, 5) is 2.72. The molecule has 0 fully saturated rings. The molecule has 2 N–H and O–H groups in total. The topological polar surface area (TPSA) is 32.3 Å². The molecule has 0 aliphatic heterocycles. The predicted molar refractivity (Wildman–Crippen MR) is 57.1 cm³/mol. The van der Waals surface area contributed by atoms with Gasteiger partial charge in [0.1, 0.15) is 0 Å². The molecule has 0 aromatic carbocycles. The molecule has 3 heteroatoms. The minimum absolute atomic E-state index is 0.262. The van der Waals surface area contributed by atoms with Gasteiger partial charge in [0.25, 0.3) is 0 Å². The Hall–Kier alpha value is -0.380. The smallest absolute Gasteiger partial charge is 0.0445 e. The molecule has 1 heterocycles. The van der Waals surface area contributed by atoms with Crippen molar-refractivity contribution in [3.05, 3.63) is 21.9 Å². The fraction of sp³-hybridized carbons (Fsp3) is 0.600. The van der Waals surface area contributed by atoms with Gasteiger partial charge in [0.15, 0.2) is 0 Å². The van der Waals surface area contributed by atoms with Crippen molar-refractivity contribution in [2.45, 2.75) is 32.9 Å². The van der Waals surface area contributed by atoms with E-state index < -0.39 is 0 Å². The summed E-state index contributed by atoms with van der Waals surface area (Å²) >= 11 is 1.82. The zero-order valence-corrected chi connectivity index (χ0v) is 9.03. The quantitative estimate of drug-likeness (QED) is 0.759. The maximum absolute atomic E-state index is 8.70. The third-order valence-corrected chi connectivity index (χ3v) is 2.98. The first-order valence-electron chi connectivity index (χ1n) is 4.62. The highest BCUT2D eigenvalue weighted by Gasteiger charge is 2.01. The Balaban J connectivity index is 2.26. The number of aliphatic hydroxyl groups excluding tert-OH is 1. The van der Waals surface area contributed by atoms with Crippen LogP contribution in [-0.2, 0) is 6.54 Å². The van der Waals surface area contributed by atoms with Crippen molar-refractivity contribution in [1.29, 1.82) is 0 Å². The second kappa shape index (κ2) is 5.37. The lowest BCUT2D eigenvalue weighted by Gasteiger charge is -2.10. The first-order valence-corrected chi connectivity index (χ1v) is 5.43. The number of nitrogens with one attached hydrogen (secondary N) is 1. The Morgan fingerprint density at radius 1 is 1.54 bits per heavy atom. The lowest BCUT2D eigenvalue weighted by molar-refractivity contribution is 0.269. The molecular formula is C10H17NOS. The van der Waals surface area contributed by atoms with Crippen LogP contribution in [-0.4, -0.2) is 17.8 Å². The third-order valence-electron chi connectivity index (χ3n) is 1.98. The van der Waals surface area contributed by atoms with E-state index in [1.165, 1.54) is 9.75 Å². The van der Waals surface area contributed by atoms with Gasteiger partial charge in [-0.05, 0) is 32.4 Å². The number of hydrogen-bond acceptors (Lipinski definition) is 3. The summed E-state index contributed by atoms with van der Waals surface area (Å²) in [6.07, 6.45) is 0.824. The number of aliphatic hydroxyl groups is 1. The highest BCUT2D eigenvalue weighted by molar-refractivity contribution is 7.11. The largest absolute Gasteiger partial charge is 0.396 e. The molecule has 1 atom stereocenters. The van der Waals surface area contributed by atoms with Gasteiger partial charge in [-0.25, -0.2) is 0 Å². The number of rotatable bonds is 5. The standard InChI is InChI=1S/C10H17NOS/c1-8(5-6-12)11-7-10-4-3-9(2)13-10/h3-4,8,11-12H,5-7H2,1-2H3. The average Bonchev–Trinajstić information content (AvgIpc) is 2.49. The molecule has 0 amide bonds. The van der Waals surface area contributed by atoms with Crippen molar-refractivity contribution < 1.29 is 5.11 Å². The Labute approximate surface area is 83.6 Å². The Morgan fingerprint density at radius 2 is 2.31 bits per heavy atom. The zero-order valence-electron chi connectivity index (χ0n) is 8.21. The number of aryl methyl sites for hydroxylation is 1. The van der Waals surface area contributed by atoms with E-state index in [1.54, 1.807) is 0 Å². The van der Waals surface area contributed by atoms with Gasteiger partial charge >= 0.3 is 0 Å². The van der Waals surface area contributed by atoms with E-state index in [1.807, 2.05) is 11.3 Å². The van der Waals surface area contributed by atoms with Crippen molar-refractivity contribution in [1.82, 2.24) is 5.32 Å². The molecule has 0 radical (unpaired) electrons. The van der Waals surface area contributed by atoms with Gasteiger partial charge in [-0.3, -0.25) is 0 Å². The summed E-state index contributed by atoms with van der Waals surface area (Å²) in [6, 6.07) is 4.68. The van der Waals surface area contributed by atoms with E-state index in [2.05, 4.69) is 31.3 Å². The second-order valence-electron chi connectivity index (χ2n) is 3.31. The average molecular weight is 199 g/mol. The van der Waals surface area contributed by atoms with Crippen LogP contribution in [0.3, 0.4) is 0 Å². The maximum Gasteiger partial charge on any atom is 0.0445 e. The normalized spacial score (nSPS) is 13.2. The summed E-state index contributed by atoms with van der Waals surface area (Å²) in [6.45, 7) is 5.39. The molecule has 1 unspecified atom stereocenters. The summed E-state index contributed by atoms with van der Waals surface area (Å²) in [5, 5.41) is 12.1. The Kier molecular flexibility index (Phi) is 4.42. The Bertz CT molecular complexity index is 247. The van der Waals surface area contributed by atoms with Gasteiger partial charge < -0.3 is 10.4 Å². The molecule has 0 spiro atoms. The van der Waals surface area contributed by atoms with Crippen molar-refractivity contribution in [3.8, 4) is 0 Å². The molecule has 13 heavy (non-hydrogen) atoms. The molecule has 0 aliphatic carbocycles.